The van der Waals surface area contributed by atoms with E-state index in [9.17, 15) is 14.4 Å². The average molecular weight is 443 g/mol. The van der Waals surface area contributed by atoms with E-state index in [1.54, 1.807) is 28.9 Å². The summed E-state index contributed by atoms with van der Waals surface area (Å²) in [5, 5.41) is 2.72. The fourth-order valence-corrected chi connectivity index (χ4v) is 3.47. The fraction of sp³-hybridized carbons (Fsp3) is 0.0870. The van der Waals surface area contributed by atoms with Crippen LogP contribution in [-0.4, -0.2) is 43.0 Å². The molecule has 0 saturated heterocycles. The monoisotopic (exact) mass is 443 g/mol. The number of hydrogen-bond donors (Lipinski definition) is 1. The van der Waals surface area contributed by atoms with Crippen LogP contribution in [0.25, 0.3) is 22.6 Å². The second-order valence-corrected chi connectivity index (χ2v) is 7.16. The van der Waals surface area contributed by atoms with E-state index in [2.05, 4.69) is 15.1 Å². The van der Waals surface area contributed by atoms with Gasteiger partial charge in [0.25, 0.3) is 5.56 Å². The number of pyridine rings is 1. The molecule has 5 rings (SSSR count). The summed E-state index contributed by atoms with van der Waals surface area (Å²) in [4.78, 5) is 45.8. The van der Waals surface area contributed by atoms with E-state index in [4.69, 9.17) is 9.47 Å². The number of nitrogens with zero attached hydrogens (tertiary/aromatic N) is 4. The number of H-pyrrole nitrogens is 1. The van der Waals surface area contributed by atoms with Crippen molar-refractivity contribution in [3.63, 3.8) is 0 Å². The van der Waals surface area contributed by atoms with Crippen molar-refractivity contribution in [1.82, 2.24) is 24.0 Å². The van der Waals surface area contributed by atoms with E-state index in [1.807, 2.05) is 30.3 Å². The van der Waals surface area contributed by atoms with Crippen LogP contribution >= 0.6 is 0 Å². The van der Waals surface area contributed by atoms with Gasteiger partial charge in [0.1, 0.15) is 17.9 Å². The van der Waals surface area contributed by atoms with Crippen LogP contribution in [0.3, 0.4) is 0 Å². The molecule has 0 spiro atoms. The van der Waals surface area contributed by atoms with E-state index < -0.39 is 11.9 Å². The minimum absolute atomic E-state index is 0.0730. The summed E-state index contributed by atoms with van der Waals surface area (Å²) in [5.41, 5.74) is 2.45. The number of carbonyl (C=O) groups excluding carboxylic acids is 2. The second-order valence-electron chi connectivity index (χ2n) is 7.16. The van der Waals surface area contributed by atoms with Gasteiger partial charge in [-0.05, 0) is 12.1 Å². The molecule has 0 atom stereocenters. The summed E-state index contributed by atoms with van der Waals surface area (Å²) in [6.45, 7) is -0.131. The number of nitrogens with one attached hydrogen (secondary N) is 1. The predicted molar refractivity (Wildman–Crippen MR) is 117 cm³/mol. The van der Waals surface area contributed by atoms with Crippen LogP contribution in [0.5, 0.6) is 0 Å². The van der Waals surface area contributed by atoms with Crippen molar-refractivity contribution < 1.29 is 19.1 Å². The van der Waals surface area contributed by atoms with Crippen molar-refractivity contribution in [2.75, 3.05) is 7.11 Å². The zero-order chi connectivity index (χ0) is 22.9. The first-order valence-electron chi connectivity index (χ1n) is 9.94. The summed E-state index contributed by atoms with van der Waals surface area (Å²) >= 11 is 0. The van der Waals surface area contributed by atoms with E-state index in [0.717, 1.165) is 5.56 Å². The topological polar surface area (TPSA) is 120 Å². The SMILES string of the molecule is COC(=O)c1cccn2cc(COC(=O)c3cc4nc(-c5ccccc5)cc(=O)n4[nH]3)nc12. The highest BCUT2D eigenvalue weighted by molar-refractivity contribution is 5.95. The number of hydrogen-bond acceptors (Lipinski definition) is 7. The second kappa shape index (κ2) is 8.08. The molecule has 10 heteroatoms. The van der Waals surface area contributed by atoms with Gasteiger partial charge in [-0.25, -0.2) is 24.1 Å². The molecule has 164 valence electrons. The van der Waals surface area contributed by atoms with Crippen molar-refractivity contribution in [2.45, 2.75) is 6.61 Å². The Morgan fingerprint density at radius 1 is 1.03 bits per heavy atom. The third kappa shape index (κ3) is 3.74. The lowest BCUT2D eigenvalue weighted by Crippen LogP contribution is -2.15. The number of fused-ring (bicyclic) bond motifs is 2. The molecule has 0 bridgehead atoms. The Morgan fingerprint density at radius 2 is 1.85 bits per heavy atom. The number of imidazole rings is 1. The molecule has 1 aromatic carbocycles. The lowest BCUT2D eigenvalue weighted by atomic mass is 10.1. The molecule has 5 aromatic rings. The van der Waals surface area contributed by atoms with Gasteiger partial charge in [-0.3, -0.25) is 9.89 Å². The quantitative estimate of drug-likeness (QED) is 0.414. The molecule has 0 aliphatic rings. The molecular weight excluding hydrogens is 426 g/mol. The molecule has 0 fully saturated rings. The van der Waals surface area contributed by atoms with Crippen LogP contribution in [0.2, 0.25) is 0 Å². The molecule has 0 saturated carbocycles. The van der Waals surface area contributed by atoms with Gasteiger partial charge in [0.15, 0.2) is 11.3 Å². The van der Waals surface area contributed by atoms with Gasteiger partial charge in [0.05, 0.1) is 18.5 Å². The van der Waals surface area contributed by atoms with E-state index >= 15 is 0 Å². The number of aromatic amines is 1. The Labute approximate surface area is 186 Å². The highest BCUT2D eigenvalue weighted by Gasteiger charge is 2.17. The third-order valence-corrected chi connectivity index (χ3v) is 5.03. The normalized spacial score (nSPS) is 11.1. The Morgan fingerprint density at radius 3 is 2.64 bits per heavy atom. The molecule has 0 aliphatic heterocycles. The van der Waals surface area contributed by atoms with Gasteiger partial charge in [-0.2, -0.15) is 0 Å². The van der Waals surface area contributed by atoms with Crippen molar-refractivity contribution >= 4 is 23.2 Å². The molecule has 0 unspecified atom stereocenters. The van der Waals surface area contributed by atoms with E-state index in [0.29, 0.717) is 28.2 Å². The molecule has 4 heterocycles. The largest absolute Gasteiger partial charge is 0.465 e. The first kappa shape index (κ1) is 20.2. The van der Waals surface area contributed by atoms with Crippen LogP contribution in [0.4, 0.5) is 0 Å². The Hall–Kier alpha value is -4.73. The van der Waals surface area contributed by atoms with Crippen molar-refractivity contribution in [1.29, 1.82) is 0 Å². The van der Waals surface area contributed by atoms with Crippen molar-refractivity contribution in [3.05, 3.63) is 94.3 Å². The number of aromatic nitrogens is 5. The number of carbonyl (C=O) groups is 2. The standard InChI is InChI=1S/C23H17N5O5/c1-32-22(30)16-8-5-9-27-12-15(24-21(16)27)13-33-23(31)18-10-19-25-17(11-20(29)28(19)26-18)14-6-3-2-4-7-14/h2-12,26H,13H2,1H3. The maximum atomic E-state index is 12.6. The van der Waals surface area contributed by atoms with Crippen LogP contribution in [-0.2, 0) is 16.1 Å². The van der Waals surface area contributed by atoms with Gasteiger partial charge in [0.2, 0.25) is 0 Å². The molecule has 0 amide bonds. The number of esters is 2. The fourth-order valence-electron chi connectivity index (χ4n) is 3.47. The highest BCUT2D eigenvalue weighted by atomic mass is 16.5. The molecule has 4 aromatic heterocycles. The first-order chi connectivity index (χ1) is 16.0. The Balaban J connectivity index is 1.38. The summed E-state index contributed by atoms with van der Waals surface area (Å²) in [6.07, 6.45) is 3.37. The number of ether oxygens (including phenoxy) is 2. The molecule has 10 nitrogen and oxygen atoms in total. The lowest BCUT2D eigenvalue weighted by Gasteiger charge is -2.00. The van der Waals surface area contributed by atoms with Gasteiger partial charge in [0, 0.05) is 30.1 Å². The zero-order valence-corrected chi connectivity index (χ0v) is 17.4. The summed E-state index contributed by atoms with van der Waals surface area (Å²) < 4.78 is 12.9. The van der Waals surface area contributed by atoms with E-state index in [-0.39, 0.29) is 17.9 Å². The van der Waals surface area contributed by atoms with Crippen LogP contribution in [0.1, 0.15) is 26.5 Å². The molecule has 0 radical (unpaired) electrons. The summed E-state index contributed by atoms with van der Waals surface area (Å²) in [7, 11) is 1.29. The maximum Gasteiger partial charge on any atom is 0.356 e. The van der Waals surface area contributed by atoms with Gasteiger partial charge in [-0.15, -0.1) is 0 Å². The minimum Gasteiger partial charge on any atom is -0.465 e. The van der Waals surface area contributed by atoms with Crippen LogP contribution in [0.15, 0.2) is 71.8 Å². The maximum absolute atomic E-state index is 12.6. The smallest absolute Gasteiger partial charge is 0.356 e. The highest BCUT2D eigenvalue weighted by Crippen LogP contribution is 2.17. The average Bonchev–Trinajstić information content (AvgIpc) is 3.47. The number of methoxy groups -OCH3 is 1. The number of rotatable bonds is 5. The molecule has 33 heavy (non-hydrogen) atoms. The van der Waals surface area contributed by atoms with Gasteiger partial charge in [-0.1, -0.05) is 30.3 Å². The number of benzene rings is 1. The minimum atomic E-state index is -0.675. The van der Waals surface area contributed by atoms with Crippen LogP contribution in [0, 0.1) is 0 Å². The summed E-state index contributed by atoms with van der Waals surface area (Å²) in [5.74, 6) is -1.19. The zero-order valence-electron chi connectivity index (χ0n) is 17.4. The molecule has 1 N–H and O–H groups in total. The Bertz CT molecular complexity index is 1570. The summed E-state index contributed by atoms with van der Waals surface area (Å²) in [6, 6.07) is 15.4. The van der Waals surface area contributed by atoms with Gasteiger partial charge < -0.3 is 13.9 Å². The van der Waals surface area contributed by atoms with Gasteiger partial charge >= 0.3 is 11.9 Å². The van der Waals surface area contributed by atoms with Crippen molar-refractivity contribution in [2.24, 2.45) is 0 Å². The predicted octanol–water partition coefficient (Wildman–Crippen LogP) is 2.48. The van der Waals surface area contributed by atoms with E-state index in [1.165, 1.54) is 23.8 Å². The molecule has 0 aliphatic carbocycles. The lowest BCUT2D eigenvalue weighted by molar-refractivity contribution is 0.0460. The Kier molecular flexibility index (Phi) is 4.94. The first-order valence-corrected chi connectivity index (χ1v) is 9.94. The van der Waals surface area contributed by atoms with Crippen molar-refractivity contribution in [3.8, 4) is 11.3 Å². The molecular formula is C23H17N5O5. The third-order valence-electron chi connectivity index (χ3n) is 5.03. The van der Waals surface area contributed by atoms with Crippen LogP contribution < -0.4 is 5.56 Å².